The Labute approximate surface area is 97.7 Å². The molecule has 5 nitrogen and oxygen atoms in total. The lowest BCUT2D eigenvalue weighted by Gasteiger charge is -2.04. The molecule has 0 spiro atoms. The van der Waals surface area contributed by atoms with Crippen molar-refractivity contribution in [1.29, 1.82) is 0 Å². The molecule has 0 fully saturated rings. The Kier molecular flexibility index (Phi) is 2.22. The van der Waals surface area contributed by atoms with Crippen LogP contribution >= 0.6 is 0 Å². The first-order valence-corrected chi connectivity index (χ1v) is 5.18. The highest BCUT2D eigenvalue weighted by Gasteiger charge is 2.09. The fraction of sp³-hybridized carbons (Fsp3) is 0.0833. The summed E-state index contributed by atoms with van der Waals surface area (Å²) in [6, 6.07) is 7.75. The average molecular weight is 226 g/mol. The minimum absolute atomic E-state index is 0.577. The molecule has 3 rings (SSSR count). The maximum atomic E-state index is 5.31. The summed E-state index contributed by atoms with van der Waals surface area (Å²) >= 11 is 0. The average Bonchev–Trinajstić information content (AvgIpc) is 2.82. The van der Waals surface area contributed by atoms with E-state index in [1.807, 2.05) is 41.1 Å². The number of hydrogen-bond donors (Lipinski definition) is 0. The Balaban J connectivity index is 2.20. The van der Waals surface area contributed by atoms with Crippen molar-refractivity contribution in [1.82, 2.24) is 19.6 Å². The van der Waals surface area contributed by atoms with Crippen molar-refractivity contribution in [3.8, 4) is 17.0 Å². The molecular weight excluding hydrogens is 216 g/mol. The summed E-state index contributed by atoms with van der Waals surface area (Å²) in [6.07, 6.45) is 5.34. The Morgan fingerprint density at radius 3 is 2.94 bits per heavy atom. The van der Waals surface area contributed by atoms with Crippen LogP contribution in [0.4, 0.5) is 0 Å². The van der Waals surface area contributed by atoms with Crippen molar-refractivity contribution in [2.75, 3.05) is 7.11 Å². The van der Waals surface area contributed by atoms with E-state index in [2.05, 4.69) is 15.2 Å². The van der Waals surface area contributed by atoms with Gasteiger partial charge in [0.2, 0.25) is 0 Å². The van der Waals surface area contributed by atoms with Gasteiger partial charge in [-0.05, 0) is 12.1 Å². The number of rotatable bonds is 2. The summed E-state index contributed by atoms with van der Waals surface area (Å²) in [4.78, 5) is 4.40. The van der Waals surface area contributed by atoms with Crippen LogP contribution in [0.3, 0.4) is 0 Å². The number of aromatic nitrogens is 4. The topological polar surface area (TPSA) is 52.3 Å². The highest BCUT2D eigenvalue weighted by Crippen LogP contribution is 2.28. The molecule has 0 amide bonds. The number of fused-ring (bicyclic) bond motifs is 1. The van der Waals surface area contributed by atoms with E-state index in [4.69, 9.17) is 4.74 Å². The van der Waals surface area contributed by atoms with E-state index >= 15 is 0 Å². The standard InChI is InChI=1S/C12H10N4O/c1-17-11-5-3-2-4-9(11)10-8-16-7-6-13-15-12(16)14-10/h2-8H,1H3. The van der Waals surface area contributed by atoms with E-state index in [-0.39, 0.29) is 0 Å². The van der Waals surface area contributed by atoms with E-state index in [1.54, 1.807) is 13.3 Å². The molecule has 3 aromatic rings. The molecule has 0 aliphatic rings. The predicted molar refractivity (Wildman–Crippen MR) is 62.8 cm³/mol. The molecule has 17 heavy (non-hydrogen) atoms. The second-order valence-corrected chi connectivity index (χ2v) is 3.55. The molecule has 2 aromatic heterocycles. The predicted octanol–water partition coefficient (Wildman–Crippen LogP) is 1.80. The zero-order valence-electron chi connectivity index (χ0n) is 9.24. The van der Waals surface area contributed by atoms with E-state index in [1.165, 1.54) is 0 Å². The fourth-order valence-corrected chi connectivity index (χ4v) is 1.74. The lowest BCUT2D eigenvalue weighted by atomic mass is 10.1. The molecule has 0 saturated carbocycles. The number of ether oxygens (including phenoxy) is 1. The van der Waals surface area contributed by atoms with Crippen molar-refractivity contribution in [2.45, 2.75) is 0 Å². The Morgan fingerprint density at radius 1 is 1.24 bits per heavy atom. The number of para-hydroxylation sites is 1. The zero-order valence-corrected chi connectivity index (χ0v) is 9.24. The van der Waals surface area contributed by atoms with E-state index in [0.29, 0.717) is 5.78 Å². The zero-order chi connectivity index (χ0) is 11.7. The summed E-state index contributed by atoms with van der Waals surface area (Å²) in [5.41, 5.74) is 1.77. The maximum Gasteiger partial charge on any atom is 0.254 e. The van der Waals surface area contributed by atoms with Gasteiger partial charge in [0.25, 0.3) is 5.78 Å². The molecule has 84 valence electrons. The second kappa shape index (κ2) is 3.86. The van der Waals surface area contributed by atoms with Crippen molar-refractivity contribution < 1.29 is 4.74 Å². The molecule has 0 aliphatic heterocycles. The largest absolute Gasteiger partial charge is 0.496 e. The van der Waals surface area contributed by atoms with Gasteiger partial charge >= 0.3 is 0 Å². The number of hydrogen-bond acceptors (Lipinski definition) is 4. The van der Waals surface area contributed by atoms with Crippen molar-refractivity contribution in [3.63, 3.8) is 0 Å². The highest BCUT2D eigenvalue weighted by molar-refractivity contribution is 5.68. The lowest BCUT2D eigenvalue weighted by molar-refractivity contribution is 0.416. The summed E-state index contributed by atoms with van der Waals surface area (Å²) in [5.74, 6) is 1.37. The van der Waals surface area contributed by atoms with Gasteiger partial charge in [-0.1, -0.05) is 12.1 Å². The molecule has 5 heteroatoms. The van der Waals surface area contributed by atoms with E-state index < -0.39 is 0 Å². The normalized spacial score (nSPS) is 10.6. The molecule has 2 heterocycles. The third-order valence-electron chi connectivity index (χ3n) is 2.54. The van der Waals surface area contributed by atoms with Gasteiger partial charge in [0.05, 0.1) is 19.0 Å². The Morgan fingerprint density at radius 2 is 2.12 bits per heavy atom. The van der Waals surface area contributed by atoms with Gasteiger partial charge in [-0.25, -0.2) is 4.98 Å². The maximum absolute atomic E-state index is 5.31. The summed E-state index contributed by atoms with van der Waals surface area (Å²) in [7, 11) is 1.65. The van der Waals surface area contributed by atoms with Crippen molar-refractivity contribution in [2.24, 2.45) is 0 Å². The van der Waals surface area contributed by atoms with Crippen LogP contribution in [0, 0.1) is 0 Å². The number of imidazole rings is 1. The van der Waals surface area contributed by atoms with Crippen LogP contribution < -0.4 is 4.74 Å². The van der Waals surface area contributed by atoms with Gasteiger partial charge in [0.15, 0.2) is 0 Å². The Bertz CT molecular complexity index is 629. The highest BCUT2D eigenvalue weighted by atomic mass is 16.5. The summed E-state index contributed by atoms with van der Waals surface area (Å²) < 4.78 is 7.14. The first-order valence-electron chi connectivity index (χ1n) is 5.18. The minimum atomic E-state index is 0.577. The van der Waals surface area contributed by atoms with Crippen molar-refractivity contribution in [3.05, 3.63) is 42.9 Å². The number of methoxy groups -OCH3 is 1. The molecule has 0 N–H and O–H groups in total. The number of benzene rings is 1. The molecule has 0 unspecified atom stereocenters. The van der Waals surface area contributed by atoms with Crippen LogP contribution in [-0.2, 0) is 0 Å². The summed E-state index contributed by atoms with van der Waals surface area (Å²) in [5, 5.41) is 7.74. The van der Waals surface area contributed by atoms with Gasteiger partial charge in [0, 0.05) is 18.0 Å². The van der Waals surface area contributed by atoms with Crippen LogP contribution in [0.2, 0.25) is 0 Å². The van der Waals surface area contributed by atoms with Crippen molar-refractivity contribution >= 4 is 5.78 Å². The van der Waals surface area contributed by atoms with Gasteiger partial charge < -0.3 is 4.74 Å². The van der Waals surface area contributed by atoms with Gasteiger partial charge in [-0.3, -0.25) is 4.40 Å². The number of nitrogens with zero attached hydrogens (tertiary/aromatic N) is 4. The molecular formula is C12H10N4O. The second-order valence-electron chi connectivity index (χ2n) is 3.55. The third kappa shape index (κ3) is 1.61. The van der Waals surface area contributed by atoms with Crippen LogP contribution in [0.15, 0.2) is 42.9 Å². The van der Waals surface area contributed by atoms with Gasteiger partial charge in [0.1, 0.15) is 5.75 Å². The molecule has 0 aliphatic carbocycles. The first-order chi connectivity index (χ1) is 8.38. The van der Waals surface area contributed by atoms with Crippen LogP contribution in [0.1, 0.15) is 0 Å². The Hall–Kier alpha value is -2.43. The van der Waals surface area contributed by atoms with Crippen LogP contribution in [-0.4, -0.2) is 26.7 Å². The third-order valence-corrected chi connectivity index (χ3v) is 2.54. The molecule has 0 atom stereocenters. The SMILES string of the molecule is COc1ccccc1-c1cn2ccnnc2n1. The van der Waals surface area contributed by atoms with Crippen LogP contribution in [0.5, 0.6) is 5.75 Å². The summed E-state index contributed by atoms with van der Waals surface area (Å²) in [6.45, 7) is 0. The van der Waals surface area contributed by atoms with E-state index in [9.17, 15) is 0 Å². The smallest absolute Gasteiger partial charge is 0.254 e. The molecule has 1 aromatic carbocycles. The van der Waals surface area contributed by atoms with E-state index in [0.717, 1.165) is 17.0 Å². The van der Waals surface area contributed by atoms with Gasteiger partial charge in [-0.15, -0.1) is 5.10 Å². The lowest BCUT2D eigenvalue weighted by Crippen LogP contribution is -1.88. The molecule has 0 saturated heterocycles. The molecule has 0 radical (unpaired) electrons. The monoisotopic (exact) mass is 226 g/mol. The quantitative estimate of drug-likeness (QED) is 0.668. The fourth-order valence-electron chi connectivity index (χ4n) is 1.74. The first kappa shape index (κ1) is 9.77. The van der Waals surface area contributed by atoms with Crippen LogP contribution in [0.25, 0.3) is 17.0 Å². The molecule has 0 bridgehead atoms. The minimum Gasteiger partial charge on any atom is -0.496 e. The van der Waals surface area contributed by atoms with Gasteiger partial charge in [-0.2, -0.15) is 5.10 Å².